The van der Waals surface area contributed by atoms with E-state index in [0.29, 0.717) is 10.8 Å². The molecule has 1 heteroatoms. The minimum absolute atomic E-state index is 0.316. The first-order valence-corrected chi connectivity index (χ1v) is 9.16. The molecule has 0 atom stereocenters. The molecule has 0 spiro atoms. The van der Waals surface area contributed by atoms with Crippen LogP contribution in [-0.4, -0.2) is 12.8 Å². The highest BCUT2D eigenvalue weighted by Gasteiger charge is 2.22. The van der Waals surface area contributed by atoms with E-state index in [9.17, 15) is 0 Å². The Hall–Kier alpha value is -1.63. The van der Waals surface area contributed by atoms with Crippen molar-refractivity contribution < 1.29 is 0 Å². The van der Waals surface area contributed by atoms with E-state index < -0.39 is 0 Å². The quantitative estimate of drug-likeness (QED) is 0.500. The van der Waals surface area contributed by atoms with Crippen LogP contribution < -0.4 is 0 Å². The summed E-state index contributed by atoms with van der Waals surface area (Å²) in [7, 11) is 0. The number of nitrogens with zero attached hydrogens (tertiary/aromatic N) is 1. The molecule has 0 radical (unpaired) electrons. The third-order valence-electron chi connectivity index (χ3n) is 4.34. The largest absolute Gasteiger partial charge is 0.289 e. The summed E-state index contributed by atoms with van der Waals surface area (Å²) in [5.74, 6) is 0. The molecule has 0 aromatic heterocycles. The molecule has 1 aromatic carbocycles. The topological polar surface area (TPSA) is 12.4 Å². The zero-order valence-corrected chi connectivity index (χ0v) is 16.9. The molecule has 1 nitrogen and oxygen atoms in total. The maximum absolute atomic E-state index is 4.11. The van der Waals surface area contributed by atoms with Crippen molar-refractivity contribution in [2.24, 2.45) is 15.8 Å². The van der Waals surface area contributed by atoms with Crippen LogP contribution in [0.1, 0.15) is 66.5 Å². The SMILES string of the molecule is CC.CC(C)(C)C1=CC=NC1.CC(C)(C)C1=Cc2ccccc2C1. The van der Waals surface area contributed by atoms with Crippen LogP contribution >= 0.6 is 0 Å². The molecule has 0 N–H and O–H groups in total. The smallest absolute Gasteiger partial charge is 0.0608 e. The molecule has 1 aliphatic carbocycles. The van der Waals surface area contributed by atoms with Crippen molar-refractivity contribution in [3.63, 3.8) is 0 Å². The van der Waals surface area contributed by atoms with E-state index in [4.69, 9.17) is 0 Å². The van der Waals surface area contributed by atoms with Gasteiger partial charge in [0.05, 0.1) is 6.54 Å². The Morgan fingerprint density at radius 2 is 1.42 bits per heavy atom. The van der Waals surface area contributed by atoms with Crippen LogP contribution in [0.25, 0.3) is 6.08 Å². The van der Waals surface area contributed by atoms with E-state index in [2.05, 4.69) is 83.0 Å². The number of benzene rings is 1. The van der Waals surface area contributed by atoms with E-state index in [1.54, 1.807) is 5.57 Å². The molecule has 1 aromatic rings. The summed E-state index contributed by atoms with van der Waals surface area (Å²) < 4.78 is 0. The van der Waals surface area contributed by atoms with Crippen LogP contribution in [0.3, 0.4) is 0 Å². The summed E-state index contributed by atoms with van der Waals surface area (Å²) in [6, 6.07) is 8.66. The lowest BCUT2D eigenvalue weighted by molar-refractivity contribution is 0.498. The van der Waals surface area contributed by atoms with E-state index in [0.717, 1.165) is 13.0 Å². The summed E-state index contributed by atoms with van der Waals surface area (Å²) in [4.78, 5) is 4.11. The van der Waals surface area contributed by atoms with Gasteiger partial charge in [-0.25, -0.2) is 0 Å². The molecule has 3 rings (SSSR count). The second-order valence-corrected chi connectivity index (χ2v) is 8.23. The van der Waals surface area contributed by atoms with Gasteiger partial charge in [-0.05, 0) is 40.0 Å². The van der Waals surface area contributed by atoms with E-state index in [-0.39, 0.29) is 0 Å². The van der Waals surface area contributed by atoms with Gasteiger partial charge in [-0.15, -0.1) is 0 Å². The number of aliphatic imine (C=N–C) groups is 1. The highest BCUT2D eigenvalue weighted by Crippen LogP contribution is 2.35. The Kier molecular flexibility index (Phi) is 7.20. The third-order valence-corrected chi connectivity index (χ3v) is 4.34. The standard InChI is InChI=1S/C13H16.C8H13N.C2H6/c1-13(2,3)12-8-10-6-4-5-7-11(10)9-12;1-8(2,3)7-4-5-9-6-7;1-2/h4-8H,9H2,1-3H3;4-5H,6H2,1-3H3;1-2H3. The zero-order chi connectivity index (χ0) is 18.4. The fraction of sp³-hybridized carbons (Fsp3) is 0.522. The van der Waals surface area contributed by atoms with Crippen molar-refractivity contribution in [1.29, 1.82) is 0 Å². The number of rotatable bonds is 0. The maximum atomic E-state index is 4.11. The Morgan fingerprint density at radius 3 is 1.83 bits per heavy atom. The second kappa shape index (κ2) is 8.46. The van der Waals surface area contributed by atoms with Crippen LogP contribution in [0.4, 0.5) is 0 Å². The highest BCUT2D eigenvalue weighted by atomic mass is 14.7. The number of allylic oxidation sites excluding steroid dienone is 2. The monoisotopic (exact) mass is 325 g/mol. The Bertz CT molecular complexity index is 616. The summed E-state index contributed by atoms with van der Waals surface area (Å²) in [6.45, 7) is 18.4. The molecule has 2 aliphatic rings. The van der Waals surface area contributed by atoms with Crippen molar-refractivity contribution >= 4 is 12.3 Å². The van der Waals surface area contributed by atoms with Gasteiger partial charge >= 0.3 is 0 Å². The second-order valence-electron chi connectivity index (χ2n) is 8.23. The van der Waals surface area contributed by atoms with Crippen LogP contribution in [0.15, 0.2) is 46.5 Å². The average molecular weight is 326 g/mol. The summed E-state index contributed by atoms with van der Waals surface area (Å²) in [6.07, 6.45) is 7.48. The third kappa shape index (κ3) is 5.78. The van der Waals surface area contributed by atoms with Gasteiger partial charge in [0.25, 0.3) is 0 Å². The summed E-state index contributed by atoms with van der Waals surface area (Å²) in [5, 5.41) is 0. The lowest BCUT2D eigenvalue weighted by atomic mass is 9.85. The van der Waals surface area contributed by atoms with Crippen LogP contribution in [-0.2, 0) is 6.42 Å². The van der Waals surface area contributed by atoms with Crippen molar-refractivity contribution in [2.75, 3.05) is 6.54 Å². The summed E-state index contributed by atoms with van der Waals surface area (Å²) >= 11 is 0. The average Bonchev–Trinajstić information content (AvgIpc) is 3.18. The van der Waals surface area contributed by atoms with Gasteiger partial charge in [-0.3, -0.25) is 4.99 Å². The van der Waals surface area contributed by atoms with Crippen LogP contribution in [0.2, 0.25) is 0 Å². The Balaban J connectivity index is 0.000000230. The molecule has 0 unspecified atom stereocenters. The molecule has 0 saturated heterocycles. The first-order chi connectivity index (χ1) is 11.2. The molecular formula is C23H35N. The van der Waals surface area contributed by atoms with E-state index in [1.807, 2.05) is 20.1 Å². The van der Waals surface area contributed by atoms with Gasteiger partial charge in [0.15, 0.2) is 0 Å². The molecule has 1 heterocycles. The number of hydrogen-bond donors (Lipinski definition) is 0. The lowest BCUT2D eigenvalue weighted by Gasteiger charge is -2.19. The molecule has 1 aliphatic heterocycles. The Labute approximate surface area is 149 Å². The van der Waals surface area contributed by atoms with Crippen molar-refractivity contribution in [3.8, 4) is 0 Å². The first-order valence-electron chi connectivity index (χ1n) is 9.16. The fourth-order valence-corrected chi connectivity index (χ4v) is 2.60. The van der Waals surface area contributed by atoms with Gasteiger partial charge in [-0.1, -0.05) is 91.3 Å². The summed E-state index contributed by atoms with van der Waals surface area (Å²) in [5.41, 5.74) is 6.51. The predicted molar refractivity (Wildman–Crippen MR) is 110 cm³/mol. The number of fused-ring (bicyclic) bond motifs is 1. The lowest BCUT2D eigenvalue weighted by Crippen LogP contribution is -2.09. The van der Waals surface area contributed by atoms with Crippen molar-refractivity contribution in [1.82, 2.24) is 0 Å². The first kappa shape index (κ1) is 20.4. The maximum Gasteiger partial charge on any atom is 0.0608 e. The predicted octanol–water partition coefficient (Wildman–Crippen LogP) is 6.74. The van der Waals surface area contributed by atoms with Gasteiger partial charge in [0.2, 0.25) is 0 Å². The van der Waals surface area contributed by atoms with Crippen LogP contribution in [0.5, 0.6) is 0 Å². The van der Waals surface area contributed by atoms with E-state index in [1.165, 1.54) is 16.7 Å². The fourth-order valence-electron chi connectivity index (χ4n) is 2.60. The minimum Gasteiger partial charge on any atom is -0.289 e. The molecule has 0 bridgehead atoms. The van der Waals surface area contributed by atoms with Gasteiger partial charge in [-0.2, -0.15) is 0 Å². The van der Waals surface area contributed by atoms with Crippen molar-refractivity contribution in [3.05, 3.63) is 52.6 Å². The normalized spacial score (nSPS) is 15.5. The molecule has 132 valence electrons. The van der Waals surface area contributed by atoms with E-state index >= 15 is 0 Å². The van der Waals surface area contributed by atoms with Gasteiger partial charge < -0.3 is 0 Å². The molecule has 24 heavy (non-hydrogen) atoms. The van der Waals surface area contributed by atoms with Crippen molar-refractivity contribution in [2.45, 2.75) is 61.8 Å². The highest BCUT2D eigenvalue weighted by molar-refractivity contribution is 5.75. The number of hydrogen-bond acceptors (Lipinski definition) is 1. The van der Waals surface area contributed by atoms with Crippen LogP contribution in [0, 0.1) is 10.8 Å². The van der Waals surface area contributed by atoms with Gasteiger partial charge in [0, 0.05) is 6.21 Å². The minimum atomic E-state index is 0.316. The molecule has 0 amide bonds. The molecule has 0 saturated carbocycles. The zero-order valence-electron chi connectivity index (χ0n) is 16.9. The molecule has 0 fully saturated rings. The Morgan fingerprint density at radius 1 is 0.833 bits per heavy atom. The molecular weight excluding hydrogens is 290 g/mol. The van der Waals surface area contributed by atoms with Gasteiger partial charge in [0.1, 0.15) is 0 Å².